The van der Waals surface area contributed by atoms with Crippen molar-refractivity contribution >= 4 is 23.2 Å². The van der Waals surface area contributed by atoms with Crippen LogP contribution in [0.1, 0.15) is 50.5 Å². The number of rotatable bonds is 4. The van der Waals surface area contributed by atoms with Gasteiger partial charge in [0.2, 0.25) is 11.8 Å². The third kappa shape index (κ3) is 3.59. The summed E-state index contributed by atoms with van der Waals surface area (Å²) in [6.07, 6.45) is 6.43. The van der Waals surface area contributed by atoms with E-state index >= 15 is 0 Å². The molecule has 130 valence electrons. The van der Waals surface area contributed by atoms with Crippen molar-refractivity contribution in [2.24, 2.45) is 11.1 Å². The predicted molar refractivity (Wildman–Crippen MR) is 91.2 cm³/mol. The minimum atomic E-state index is -0.469. The van der Waals surface area contributed by atoms with Crippen LogP contribution < -0.4 is 16.4 Å². The lowest BCUT2D eigenvalue weighted by atomic mass is 9.71. The van der Waals surface area contributed by atoms with Gasteiger partial charge >= 0.3 is 0 Å². The van der Waals surface area contributed by atoms with Crippen molar-refractivity contribution in [1.82, 2.24) is 0 Å². The Morgan fingerprint density at radius 2 is 2.00 bits per heavy atom. The molecule has 1 fully saturated rings. The van der Waals surface area contributed by atoms with Crippen LogP contribution >= 0.6 is 0 Å². The van der Waals surface area contributed by atoms with Gasteiger partial charge in [0.25, 0.3) is 0 Å². The molecular formula is C18H24FN3O2. The summed E-state index contributed by atoms with van der Waals surface area (Å²) in [4.78, 5) is 23.9. The molecule has 1 aliphatic heterocycles. The first-order valence-electron chi connectivity index (χ1n) is 8.64. The molecule has 2 amide bonds. The second kappa shape index (κ2) is 6.89. The van der Waals surface area contributed by atoms with Gasteiger partial charge in [-0.15, -0.1) is 0 Å². The smallest absolute Gasteiger partial charge is 0.225 e. The van der Waals surface area contributed by atoms with Crippen molar-refractivity contribution in [2.75, 3.05) is 17.2 Å². The fourth-order valence-electron chi connectivity index (χ4n) is 3.78. The largest absolute Gasteiger partial charge is 0.330 e. The van der Waals surface area contributed by atoms with Gasteiger partial charge in [-0.2, -0.15) is 0 Å². The molecule has 1 saturated carbocycles. The third-order valence-electron chi connectivity index (χ3n) is 5.25. The Balaban J connectivity index is 1.72. The zero-order valence-electron chi connectivity index (χ0n) is 13.8. The average molecular weight is 333 g/mol. The molecule has 0 bridgehead atoms. The molecule has 0 saturated heterocycles. The average Bonchev–Trinajstić information content (AvgIpc) is 2.56. The molecule has 0 spiro atoms. The Morgan fingerprint density at radius 3 is 2.71 bits per heavy atom. The van der Waals surface area contributed by atoms with E-state index in [2.05, 4.69) is 10.6 Å². The highest BCUT2D eigenvalue weighted by molar-refractivity contribution is 5.96. The zero-order chi connectivity index (χ0) is 17.2. The van der Waals surface area contributed by atoms with E-state index in [1.807, 2.05) is 0 Å². The summed E-state index contributed by atoms with van der Waals surface area (Å²) in [7, 11) is 0. The number of fused-ring (bicyclic) bond motifs is 1. The fourth-order valence-corrected chi connectivity index (χ4v) is 3.78. The fraction of sp³-hybridized carbons (Fsp3) is 0.556. The molecule has 0 unspecified atom stereocenters. The molecule has 3 rings (SSSR count). The number of anilines is 2. The molecular weight excluding hydrogens is 309 g/mol. The number of carbonyl (C=O) groups is 2. The van der Waals surface area contributed by atoms with Crippen molar-refractivity contribution in [2.45, 2.75) is 51.4 Å². The lowest BCUT2D eigenvalue weighted by Crippen LogP contribution is -2.36. The maximum Gasteiger partial charge on any atom is 0.225 e. The molecule has 6 heteroatoms. The third-order valence-corrected chi connectivity index (χ3v) is 5.25. The SMILES string of the molecule is NCC1(CC(=O)Nc2cc3c(cc2F)CCC(=O)N3)CCCCC1. The van der Waals surface area contributed by atoms with Crippen LogP contribution in [0.3, 0.4) is 0 Å². The van der Waals surface area contributed by atoms with Crippen LogP contribution in [-0.2, 0) is 16.0 Å². The van der Waals surface area contributed by atoms with Gasteiger partial charge in [-0.1, -0.05) is 19.3 Å². The molecule has 0 atom stereocenters. The molecule has 1 heterocycles. The van der Waals surface area contributed by atoms with E-state index in [-0.39, 0.29) is 22.9 Å². The Bertz CT molecular complexity index is 654. The lowest BCUT2D eigenvalue weighted by molar-refractivity contribution is -0.119. The number of nitrogens with one attached hydrogen (secondary N) is 2. The first-order chi connectivity index (χ1) is 11.5. The highest BCUT2D eigenvalue weighted by atomic mass is 19.1. The second-order valence-electron chi connectivity index (χ2n) is 7.03. The standard InChI is InChI=1S/C18H24FN3O2/c19-13-8-12-4-5-16(23)21-14(12)9-15(13)22-17(24)10-18(11-20)6-2-1-3-7-18/h8-9H,1-7,10-11,20H2,(H,21,23)(H,22,24). The van der Waals surface area contributed by atoms with Gasteiger partial charge in [0.15, 0.2) is 0 Å². The minimum absolute atomic E-state index is 0.0873. The monoisotopic (exact) mass is 333 g/mol. The molecule has 5 nitrogen and oxygen atoms in total. The van der Waals surface area contributed by atoms with Crippen molar-refractivity contribution in [3.05, 3.63) is 23.5 Å². The molecule has 1 aromatic rings. The maximum absolute atomic E-state index is 14.2. The van der Waals surface area contributed by atoms with E-state index in [9.17, 15) is 14.0 Å². The molecule has 4 N–H and O–H groups in total. The quantitative estimate of drug-likeness (QED) is 0.792. The van der Waals surface area contributed by atoms with Crippen LogP contribution in [0.4, 0.5) is 15.8 Å². The number of amides is 2. The van der Waals surface area contributed by atoms with Gasteiger partial charge in [-0.3, -0.25) is 9.59 Å². The van der Waals surface area contributed by atoms with Gasteiger partial charge < -0.3 is 16.4 Å². The maximum atomic E-state index is 14.2. The highest BCUT2D eigenvalue weighted by Crippen LogP contribution is 2.38. The van der Waals surface area contributed by atoms with Crippen molar-refractivity contribution in [3.63, 3.8) is 0 Å². The molecule has 0 radical (unpaired) electrons. The number of carbonyl (C=O) groups excluding carboxylic acids is 2. The minimum Gasteiger partial charge on any atom is -0.330 e. The Morgan fingerprint density at radius 1 is 1.25 bits per heavy atom. The van der Waals surface area contributed by atoms with Crippen molar-refractivity contribution in [1.29, 1.82) is 0 Å². The van der Waals surface area contributed by atoms with Gasteiger partial charge in [0, 0.05) is 18.5 Å². The van der Waals surface area contributed by atoms with Crippen LogP contribution in [0.2, 0.25) is 0 Å². The zero-order valence-corrected chi connectivity index (χ0v) is 13.8. The summed E-state index contributed by atoms with van der Waals surface area (Å²) in [5.74, 6) is -0.775. The molecule has 1 aliphatic carbocycles. The summed E-state index contributed by atoms with van der Waals surface area (Å²) in [6, 6.07) is 2.90. The van der Waals surface area contributed by atoms with Crippen molar-refractivity contribution < 1.29 is 14.0 Å². The number of nitrogens with two attached hydrogens (primary N) is 1. The lowest BCUT2D eigenvalue weighted by Gasteiger charge is -2.35. The second-order valence-corrected chi connectivity index (χ2v) is 7.03. The highest BCUT2D eigenvalue weighted by Gasteiger charge is 2.33. The Kier molecular flexibility index (Phi) is 4.85. The van der Waals surface area contributed by atoms with E-state index in [0.29, 0.717) is 31.5 Å². The van der Waals surface area contributed by atoms with Crippen LogP contribution in [0.25, 0.3) is 0 Å². The summed E-state index contributed by atoms with van der Waals surface area (Å²) in [6.45, 7) is 0.475. The van der Waals surface area contributed by atoms with Crippen molar-refractivity contribution in [3.8, 4) is 0 Å². The van der Waals surface area contributed by atoms with E-state index in [1.165, 1.54) is 18.6 Å². The van der Waals surface area contributed by atoms with E-state index in [1.54, 1.807) is 0 Å². The van der Waals surface area contributed by atoms with Gasteiger partial charge in [0.05, 0.1) is 5.69 Å². The summed E-state index contributed by atoms with van der Waals surface area (Å²) in [5, 5.41) is 5.38. The topological polar surface area (TPSA) is 84.2 Å². The Labute approximate surface area is 141 Å². The van der Waals surface area contributed by atoms with Gasteiger partial charge in [-0.05, 0) is 48.9 Å². The van der Waals surface area contributed by atoms with Gasteiger partial charge in [-0.25, -0.2) is 4.39 Å². The van der Waals surface area contributed by atoms with Crippen LogP contribution in [0, 0.1) is 11.2 Å². The number of hydrogen-bond donors (Lipinski definition) is 3. The number of aryl methyl sites for hydroxylation is 1. The Hall–Kier alpha value is -1.95. The first-order valence-corrected chi connectivity index (χ1v) is 8.64. The number of hydrogen-bond acceptors (Lipinski definition) is 3. The molecule has 1 aromatic carbocycles. The molecule has 0 aromatic heterocycles. The van der Waals surface area contributed by atoms with E-state index < -0.39 is 5.82 Å². The summed E-state index contributed by atoms with van der Waals surface area (Å²) < 4.78 is 14.2. The van der Waals surface area contributed by atoms with E-state index in [4.69, 9.17) is 5.73 Å². The first kappa shape index (κ1) is 16.9. The molecule has 24 heavy (non-hydrogen) atoms. The molecule has 2 aliphatic rings. The number of benzene rings is 1. The van der Waals surface area contributed by atoms with Crippen LogP contribution in [0.5, 0.6) is 0 Å². The van der Waals surface area contributed by atoms with Gasteiger partial charge in [0.1, 0.15) is 5.82 Å². The number of halogens is 1. The van der Waals surface area contributed by atoms with Crippen LogP contribution in [0.15, 0.2) is 12.1 Å². The van der Waals surface area contributed by atoms with E-state index in [0.717, 1.165) is 31.2 Å². The summed E-state index contributed by atoms with van der Waals surface area (Å²) in [5.41, 5.74) is 7.20. The summed E-state index contributed by atoms with van der Waals surface area (Å²) >= 11 is 0. The predicted octanol–water partition coefficient (Wildman–Crippen LogP) is 2.95. The van der Waals surface area contributed by atoms with Crippen LogP contribution in [-0.4, -0.2) is 18.4 Å². The normalized spacial score (nSPS) is 19.3.